The lowest BCUT2D eigenvalue weighted by molar-refractivity contribution is -0.107. The minimum absolute atomic E-state index is 0.252. The van der Waals surface area contributed by atoms with E-state index in [2.05, 4.69) is 10.3 Å². The molecule has 0 aliphatic heterocycles. The fraction of sp³-hybridized carbons (Fsp3) is 0.158. The van der Waals surface area contributed by atoms with E-state index in [0.29, 0.717) is 12.2 Å². The molecule has 1 aromatic heterocycles. The summed E-state index contributed by atoms with van der Waals surface area (Å²) in [5.41, 5.74) is 4.56. The number of hydrogen-bond donors (Lipinski definition) is 1. The van der Waals surface area contributed by atoms with Crippen LogP contribution in [0.15, 0.2) is 42.5 Å². The highest BCUT2D eigenvalue weighted by atomic mass is 19.1. The average molecular weight is 308 g/mol. The zero-order valence-corrected chi connectivity index (χ0v) is 13.1. The molecule has 0 aliphatic rings. The van der Waals surface area contributed by atoms with Gasteiger partial charge in [-0.1, -0.05) is 6.07 Å². The van der Waals surface area contributed by atoms with E-state index in [0.717, 1.165) is 39.6 Å². The number of aryl methyl sites for hydroxylation is 2. The smallest absolute Gasteiger partial charge is 0.131 e. The molecule has 0 saturated heterocycles. The summed E-state index contributed by atoms with van der Waals surface area (Å²) in [4.78, 5) is 15.3. The van der Waals surface area contributed by atoms with Crippen molar-refractivity contribution in [1.29, 1.82) is 0 Å². The number of aromatic nitrogens is 1. The number of carbonyl (C=O) groups is 1. The lowest BCUT2D eigenvalue weighted by Gasteiger charge is -2.11. The van der Waals surface area contributed by atoms with Crippen LogP contribution in [0.1, 0.15) is 16.7 Å². The molecule has 0 aliphatic carbocycles. The van der Waals surface area contributed by atoms with Gasteiger partial charge in [0.1, 0.15) is 17.9 Å². The van der Waals surface area contributed by atoms with Crippen LogP contribution in [0.5, 0.6) is 0 Å². The highest BCUT2D eigenvalue weighted by Gasteiger charge is 2.06. The second-order valence-electron chi connectivity index (χ2n) is 5.64. The number of anilines is 2. The zero-order valence-electron chi connectivity index (χ0n) is 13.1. The van der Waals surface area contributed by atoms with Gasteiger partial charge in [0.2, 0.25) is 0 Å². The fourth-order valence-electron chi connectivity index (χ4n) is 2.68. The van der Waals surface area contributed by atoms with Gasteiger partial charge in [0.25, 0.3) is 0 Å². The van der Waals surface area contributed by atoms with Gasteiger partial charge in [0.05, 0.1) is 5.52 Å². The van der Waals surface area contributed by atoms with E-state index >= 15 is 0 Å². The molecule has 0 radical (unpaired) electrons. The summed E-state index contributed by atoms with van der Waals surface area (Å²) in [6.45, 7) is 3.83. The number of benzene rings is 2. The van der Waals surface area contributed by atoms with Crippen molar-refractivity contribution in [2.45, 2.75) is 20.3 Å². The number of aldehydes is 1. The second kappa shape index (κ2) is 6.16. The summed E-state index contributed by atoms with van der Waals surface area (Å²) >= 11 is 0. The third kappa shape index (κ3) is 3.21. The van der Waals surface area contributed by atoms with Crippen molar-refractivity contribution in [3.05, 3.63) is 65.0 Å². The molecule has 116 valence electrons. The normalized spacial score (nSPS) is 10.7. The molecule has 0 amide bonds. The molecule has 1 heterocycles. The van der Waals surface area contributed by atoms with Crippen molar-refractivity contribution < 1.29 is 9.18 Å². The van der Waals surface area contributed by atoms with E-state index in [-0.39, 0.29) is 5.82 Å². The highest BCUT2D eigenvalue weighted by molar-refractivity contribution is 5.85. The number of carbonyl (C=O) groups excluding carboxylic acids is 1. The maximum atomic E-state index is 13.2. The minimum Gasteiger partial charge on any atom is -0.340 e. The molecule has 0 atom stereocenters. The van der Waals surface area contributed by atoms with Gasteiger partial charge in [-0.15, -0.1) is 0 Å². The first-order valence-electron chi connectivity index (χ1n) is 7.44. The van der Waals surface area contributed by atoms with Crippen LogP contribution in [-0.4, -0.2) is 11.3 Å². The molecular formula is C19H17FN2O. The van der Waals surface area contributed by atoms with Gasteiger partial charge >= 0.3 is 0 Å². The molecule has 3 nitrogen and oxygen atoms in total. The molecule has 4 heteroatoms. The number of nitrogens with zero attached hydrogens (tertiary/aromatic N) is 1. The Kier molecular flexibility index (Phi) is 4.06. The quantitative estimate of drug-likeness (QED) is 0.723. The molecule has 0 fully saturated rings. The number of fused-ring (bicyclic) bond motifs is 1. The van der Waals surface area contributed by atoms with Crippen molar-refractivity contribution in [2.24, 2.45) is 0 Å². The first-order chi connectivity index (χ1) is 11.1. The summed E-state index contributed by atoms with van der Waals surface area (Å²) in [5.74, 6) is 0.455. The van der Waals surface area contributed by atoms with Gasteiger partial charge in [-0.2, -0.15) is 0 Å². The van der Waals surface area contributed by atoms with E-state index in [1.807, 2.05) is 38.1 Å². The van der Waals surface area contributed by atoms with Gasteiger partial charge in [-0.25, -0.2) is 9.37 Å². The number of nitrogens with one attached hydrogen (secondary N) is 1. The van der Waals surface area contributed by atoms with E-state index < -0.39 is 0 Å². The Morgan fingerprint density at radius 3 is 2.65 bits per heavy atom. The van der Waals surface area contributed by atoms with E-state index in [4.69, 9.17) is 0 Å². The van der Waals surface area contributed by atoms with Crippen LogP contribution in [0, 0.1) is 19.7 Å². The Bertz CT molecular complexity index is 890. The molecule has 0 unspecified atom stereocenters. The van der Waals surface area contributed by atoms with Gasteiger partial charge in [0.15, 0.2) is 0 Å². The Balaban J connectivity index is 1.98. The van der Waals surface area contributed by atoms with Crippen molar-refractivity contribution in [2.75, 3.05) is 5.32 Å². The monoisotopic (exact) mass is 308 g/mol. The molecule has 3 aromatic rings. The zero-order chi connectivity index (χ0) is 16.4. The Morgan fingerprint density at radius 1 is 1.09 bits per heavy atom. The third-order valence-electron chi connectivity index (χ3n) is 3.81. The fourth-order valence-corrected chi connectivity index (χ4v) is 2.68. The van der Waals surface area contributed by atoms with E-state index in [9.17, 15) is 9.18 Å². The number of pyridine rings is 1. The molecule has 3 rings (SSSR count). The minimum atomic E-state index is -0.252. The molecule has 23 heavy (non-hydrogen) atoms. The summed E-state index contributed by atoms with van der Waals surface area (Å²) in [6, 6.07) is 12.4. The predicted octanol–water partition coefficient (Wildman–Crippen LogP) is 4.48. The topological polar surface area (TPSA) is 42.0 Å². The number of rotatable bonds is 4. The molecular weight excluding hydrogens is 291 g/mol. The molecule has 1 N–H and O–H groups in total. The molecule has 0 bridgehead atoms. The van der Waals surface area contributed by atoms with Crippen LogP contribution >= 0.6 is 0 Å². The van der Waals surface area contributed by atoms with Gasteiger partial charge < -0.3 is 10.1 Å². The molecule has 2 aromatic carbocycles. The van der Waals surface area contributed by atoms with Crippen LogP contribution in [0.3, 0.4) is 0 Å². The van der Waals surface area contributed by atoms with Crippen LogP contribution < -0.4 is 5.32 Å². The number of halogens is 1. The molecule has 0 spiro atoms. The highest BCUT2D eigenvalue weighted by Crippen LogP contribution is 2.24. The predicted molar refractivity (Wildman–Crippen MR) is 90.7 cm³/mol. The summed E-state index contributed by atoms with van der Waals surface area (Å²) in [6.07, 6.45) is 1.31. The van der Waals surface area contributed by atoms with Gasteiger partial charge in [0, 0.05) is 17.5 Å². The van der Waals surface area contributed by atoms with Crippen LogP contribution in [0.4, 0.5) is 15.9 Å². The van der Waals surface area contributed by atoms with E-state index in [1.54, 1.807) is 6.07 Å². The Labute approximate surface area is 134 Å². The van der Waals surface area contributed by atoms with Crippen LogP contribution in [0.2, 0.25) is 0 Å². The maximum Gasteiger partial charge on any atom is 0.131 e. The standard InChI is InChI=1S/C19H17FN2O/c1-12-10-16(20)4-5-17(12)21-18-6-3-15-11-14(7-8-23)9-13(2)19(15)22-18/h3-6,8-11H,7H2,1-2H3,(H,21,22). The van der Waals surface area contributed by atoms with Crippen molar-refractivity contribution in [1.82, 2.24) is 4.98 Å². The first-order valence-corrected chi connectivity index (χ1v) is 7.44. The van der Waals surface area contributed by atoms with Crippen molar-refractivity contribution >= 4 is 28.7 Å². The van der Waals surface area contributed by atoms with Gasteiger partial charge in [-0.05, 0) is 66.9 Å². The molecule has 0 saturated carbocycles. The summed E-state index contributed by atoms with van der Waals surface area (Å²) in [5, 5.41) is 4.23. The average Bonchev–Trinajstić information content (AvgIpc) is 2.51. The lowest BCUT2D eigenvalue weighted by atomic mass is 10.0. The summed E-state index contributed by atoms with van der Waals surface area (Å²) in [7, 11) is 0. The SMILES string of the molecule is Cc1cc(F)ccc1Nc1ccc2cc(CC=O)cc(C)c2n1. The van der Waals surface area contributed by atoms with E-state index in [1.165, 1.54) is 12.1 Å². The Morgan fingerprint density at radius 2 is 1.91 bits per heavy atom. The van der Waals surface area contributed by atoms with Crippen LogP contribution in [-0.2, 0) is 11.2 Å². The Hall–Kier alpha value is -2.75. The van der Waals surface area contributed by atoms with Crippen LogP contribution in [0.25, 0.3) is 10.9 Å². The summed E-state index contributed by atoms with van der Waals surface area (Å²) < 4.78 is 13.2. The third-order valence-corrected chi connectivity index (χ3v) is 3.81. The lowest BCUT2D eigenvalue weighted by Crippen LogP contribution is -1.98. The van der Waals surface area contributed by atoms with Crippen molar-refractivity contribution in [3.63, 3.8) is 0 Å². The largest absolute Gasteiger partial charge is 0.340 e. The second-order valence-corrected chi connectivity index (χ2v) is 5.64. The van der Waals surface area contributed by atoms with Gasteiger partial charge in [-0.3, -0.25) is 0 Å². The maximum absolute atomic E-state index is 13.2. The van der Waals surface area contributed by atoms with Crippen molar-refractivity contribution in [3.8, 4) is 0 Å². The first kappa shape index (κ1) is 15.2. The number of hydrogen-bond acceptors (Lipinski definition) is 3.